The first kappa shape index (κ1) is 11.4. The van der Waals surface area contributed by atoms with Crippen molar-refractivity contribution in [2.24, 2.45) is 11.7 Å². The molecule has 4 nitrogen and oxygen atoms in total. The van der Waals surface area contributed by atoms with Crippen molar-refractivity contribution in [2.45, 2.75) is 31.7 Å². The first-order chi connectivity index (χ1) is 8.65. The number of nitrogens with two attached hydrogens (primary N) is 2. The maximum absolute atomic E-state index is 11.3. The van der Waals surface area contributed by atoms with Crippen LogP contribution < -0.4 is 16.4 Å². The molecule has 2 saturated carbocycles. The molecule has 1 aromatic rings. The number of primary amides is 1. The van der Waals surface area contributed by atoms with Crippen molar-refractivity contribution >= 4 is 17.3 Å². The third kappa shape index (κ3) is 2.28. The SMILES string of the molecule is NC(=O)c1cc(N(CC2CC2)C2CC2)ccc1N. The van der Waals surface area contributed by atoms with Crippen molar-refractivity contribution < 1.29 is 4.79 Å². The first-order valence-corrected chi connectivity index (χ1v) is 6.61. The number of hydrogen-bond donors (Lipinski definition) is 2. The van der Waals surface area contributed by atoms with E-state index in [1.165, 1.54) is 25.7 Å². The molecule has 2 aliphatic carbocycles. The molecule has 0 spiro atoms. The smallest absolute Gasteiger partial charge is 0.250 e. The highest BCUT2D eigenvalue weighted by Crippen LogP contribution is 2.38. The average molecular weight is 245 g/mol. The number of nitrogens with zero attached hydrogens (tertiary/aromatic N) is 1. The Bertz CT molecular complexity index is 478. The van der Waals surface area contributed by atoms with E-state index in [2.05, 4.69) is 4.90 Å². The number of carbonyl (C=O) groups excluding carboxylic acids is 1. The molecule has 2 aliphatic rings. The molecular formula is C14H19N3O. The minimum Gasteiger partial charge on any atom is -0.398 e. The second-order valence-corrected chi connectivity index (χ2v) is 5.46. The van der Waals surface area contributed by atoms with E-state index in [9.17, 15) is 4.79 Å². The van der Waals surface area contributed by atoms with Crippen LogP contribution in [0.25, 0.3) is 0 Å². The summed E-state index contributed by atoms with van der Waals surface area (Å²) in [6.45, 7) is 1.10. The fourth-order valence-electron chi connectivity index (χ4n) is 2.37. The molecule has 0 aromatic heterocycles. The van der Waals surface area contributed by atoms with E-state index in [0.717, 1.165) is 18.2 Å². The summed E-state index contributed by atoms with van der Waals surface area (Å²) in [5.41, 5.74) is 13.1. The molecule has 0 bridgehead atoms. The van der Waals surface area contributed by atoms with Crippen LogP contribution in [0.2, 0.25) is 0 Å². The minimum absolute atomic E-state index is 0.439. The van der Waals surface area contributed by atoms with Gasteiger partial charge in [0.25, 0.3) is 5.91 Å². The summed E-state index contributed by atoms with van der Waals surface area (Å²) in [5, 5.41) is 0. The van der Waals surface area contributed by atoms with Crippen LogP contribution in [0, 0.1) is 5.92 Å². The van der Waals surface area contributed by atoms with Gasteiger partial charge < -0.3 is 16.4 Å². The van der Waals surface area contributed by atoms with Gasteiger partial charge in [0.05, 0.1) is 5.56 Å². The van der Waals surface area contributed by atoms with E-state index in [1.54, 1.807) is 6.07 Å². The molecule has 3 rings (SSSR count). The minimum atomic E-state index is -0.448. The molecule has 2 fully saturated rings. The second kappa shape index (κ2) is 4.19. The summed E-state index contributed by atoms with van der Waals surface area (Å²) in [4.78, 5) is 13.8. The monoisotopic (exact) mass is 245 g/mol. The van der Waals surface area contributed by atoms with Crippen LogP contribution in [0.3, 0.4) is 0 Å². The predicted molar refractivity (Wildman–Crippen MR) is 72.5 cm³/mol. The van der Waals surface area contributed by atoms with Crippen LogP contribution in [-0.2, 0) is 0 Å². The van der Waals surface area contributed by atoms with Gasteiger partial charge in [-0.25, -0.2) is 0 Å². The third-order valence-electron chi connectivity index (χ3n) is 3.77. The van der Waals surface area contributed by atoms with E-state index in [-0.39, 0.29) is 0 Å². The fourth-order valence-corrected chi connectivity index (χ4v) is 2.37. The standard InChI is InChI=1S/C14H19N3O/c15-13-6-5-11(7-12(13)14(16)18)17(10-3-4-10)8-9-1-2-9/h5-7,9-10H,1-4,8,15H2,(H2,16,18). The number of anilines is 2. The van der Waals surface area contributed by atoms with Crippen molar-refractivity contribution in [3.63, 3.8) is 0 Å². The third-order valence-corrected chi connectivity index (χ3v) is 3.77. The Hall–Kier alpha value is -1.71. The Morgan fingerprint density at radius 2 is 2.00 bits per heavy atom. The quantitative estimate of drug-likeness (QED) is 0.776. The van der Waals surface area contributed by atoms with Crippen molar-refractivity contribution in [3.8, 4) is 0 Å². The van der Waals surface area contributed by atoms with Gasteiger partial charge in [0.2, 0.25) is 0 Å². The normalized spacial score (nSPS) is 18.7. The van der Waals surface area contributed by atoms with Crippen LogP contribution in [-0.4, -0.2) is 18.5 Å². The van der Waals surface area contributed by atoms with Gasteiger partial charge in [-0.2, -0.15) is 0 Å². The molecular weight excluding hydrogens is 226 g/mol. The number of benzene rings is 1. The number of rotatable bonds is 5. The van der Waals surface area contributed by atoms with Crippen molar-refractivity contribution in [2.75, 3.05) is 17.2 Å². The van der Waals surface area contributed by atoms with Crippen molar-refractivity contribution in [1.29, 1.82) is 0 Å². The Kier molecular flexibility index (Phi) is 2.65. The predicted octanol–water partition coefficient (Wildman–Crippen LogP) is 1.75. The van der Waals surface area contributed by atoms with Gasteiger partial charge in [0, 0.05) is 24.0 Å². The van der Waals surface area contributed by atoms with E-state index >= 15 is 0 Å². The summed E-state index contributed by atoms with van der Waals surface area (Å²) in [5.74, 6) is 0.386. The molecule has 18 heavy (non-hydrogen) atoms. The second-order valence-electron chi connectivity index (χ2n) is 5.46. The van der Waals surface area contributed by atoms with Gasteiger partial charge >= 0.3 is 0 Å². The summed E-state index contributed by atoms with van der Waals surface area (Å²) >= 11 is 0. The van der Waals surface area contributed by atoms with E-state index < -0.39 is 5.91 Å². The number of amides is 1. The molecule has 0 saturated heterocycles. The molecule has 4 heteroatoms. The Morgan fingerprint density at radius 3 is 2.56 bits per heavy atom. The van der Waals surface area contributed by atoms with Gasteiger partial charge in [-0.3, -0.25) is 4.79 Å². The highest BCUT2D eigenvalue weighted by molar-refractivity contribution is 5.99. The molecule has 96 valence electrons. The zero-order valence-electron chi connectivity index (χ0n) is 10.4. The van der Waals surface area contributed by atoms with Crippen molar-refractivity contribution in [1.82, 2.24) is 0 Å². The highest BCUT2D eigenvalue weighted by atomic mass is 16.1. The Balaban J connectivity index is 1.88. The number of carbonyl (C=O) groups is 1. The fraction of sp³-hybridized carbons (Fsp3) is 0.500. The lowest BCUT2D eigenvalue weighted by Gasteiger charge is -2.25. The van der Waals surface area contributed by atoms with E-state index in [4.69, 9.17) is 11.5 Å². The summed E-state index contributed by atoms with van der Waals surface area (Å²) in [6, 6.07) is 6.29. The van der Waals surface area contributed by atoms with Gasteiger partial charge in [-0.05, 0) is 49.8 Å². The van der Waals surface area contributed by atoms with E-state index in [1.807, 2.05) is 12.1 Å². The van der Waals surface area contributed by atoms with Crippen LogP contribution in [0.15, 0.2) is 18.2 Å². The maximum atomic E-state index is 11.3. The Morgan fingerprint density at radius 1 is 1.28 bits per heavy atom. The van der Waals surface area contributed by atoms with Crippen LogP contribution in [0.1, 0.15) is 36.0 Å². The average Bonchev–Trinajstić information content (AvgIpc) is 3.20. The lowest BCUT2D eigenvalue weighted by atomic mass is 10.1. The number of hydrogen-bond acceptors (Lipinski definition) is 3. The van der Waals surface area contributed by atoms with Gasteiger partial charge in [-0.15, -0.1) is 0 Å². The van der Waals surface area contributed by atoms with Crippen molar-refractivity contribution in [3.05, 3.63) is 23.8 Å². The Labute approximate surface area is 107 Å². The molecule has 1 amide bonds. The maximum Gasteiger partial charge on any atom is 0.250 e. The molecule has 0 unspecified atom stereocenters. The van der Waals surface area contributed by atoms with Gasteiger partial charge in [0.15, 0.2) is 0 Å². The van der Waals surface area contributed by atoms with Crippen LogP contribution >= 0.6 is 0 Å². The molecule has 0 heterocycles. The highest BCUT2D eigenvalue weighted by Gasteiger charge is 2.34. The van der Waals surface area contributed by atoms with Gasteiger partial charge in [-0.1, -0.05) is 0 Å². The molecule has 0 aliphatic heterocycles. The molecule has 4 N–H and O–H groups in total. The van der Waals surface area contributed by atoms with Crippen LogP contribution in [0.5, 0.6) is 0 Å². The molecule has 0 radical (unpaired) electrons. The van der Waals surface area contributed by atoms with Gasteiger partial charge in [0.1, 0.15) is 0 Å². The lowest BCUT2D eigenvalue weighted by molar-refractivity contribution is 0.100. The zero-order valence-corrected chi connectivity index (χ0v) is 10.4. The topological polar surface area (TPSA) is 72.4 Å². The number of nitrogen functional groups attached to an aromatic ring is 1. The summed E-state index contributed by atoms with van der Waals surface area (Å²) in [6.07, 6.45) is 5.17. The summed E-state index contributed by atoms with van der Waals surface area (Å²) in [7, 11) is 0. The lowest BCUT2D eigenvalue weighted by Crippen LogP contribution is -2.28. The molecule has 1 aromatic carbocycles. The molecule has 0 atom stereocenters. The largest absolute Gasteiger partial charge is 0.398 e. The first-order valence-electron chi connectivity index (χ1n) is 6.61. The summed E-state index contributed by atoms with van der Waals surface area (Å²) < 4.78 is 0. The van der Waals surface area contributed by atoms with Crippen LogP contribution in [0.4, 0.5) is 11.4 Å². The zero-order chi connectivity index (χ0) is 12.7. The van der Waals surface area contributed by atoms with E-state index in [0.29, 0.717) is 17.3 Å².